The van der Waals surface area contributed by atoms with Crippen LogP contribution in [0.2, 0.25) is 0 Å². The molecule has 2 fully saturated rings. The van der Waals surface area contributed by atoms with Crippen molar-refractivity contribution >= 4 is 40.8 Å². The number of carbonyl (C=O) groups excluding carboxylic acids is 4. The fraction of sp³-hybridized carbons (Fsp3) is 0.455. The van der Waals surface area contributed by atoms with Crippen molar-refractivity contribution in [3.8, 4) is 11.5 Å². The van der Waals surface area contributed by atoms with Gasteiger partial charge in [-0.15, -0.1) is 0 Å². The summed E-state index contributed by atoms with van der Waals surface area (Å²) in [4.78, 5) is 51.0. The third kappa shape index (κ3) is 4.59. The molecular weight excluding hydrogens is 434 g/mol. The van der Waals surface area contributed by atoms with Gasteiger partial charge in [-0.1, -0.05) is 25.3 Å². The maximum atomic E-state index is 12.8. The molecule has 4 amide bonds. The van der Waals surface area contributed by atoms with Gasteiger partial charge in [0.2, 0.25) is 18.6 Å². The Labute approximate surface area is 189 Å². The molecule has 2 heterocycles. The Balaban J connectivity index is 1.36. The summed E-state index contributed by atoms with van der Waals surface area (Å²) in [5, 5.41) is 5.23. The van der Waals surface area contributed by atoms with Gasteiger partial charge in [0.25, 0.3) is 11.1 Å². The van der Waals surface area contributed by atoms with Gasteiger partial charge in [-0.05, 0) is 48.4 Å². The van der Waals surface area contributed by atoms with Gasteiger partial charge in [-0.3, -0.25) is 24.1 Å². The van der Waals surface area contributed by atoms with Crippen molar-refractivity contribution in [1.29, 1.82) is 0 Å². The number of nitrogens with zero attached hydrogens (tertiary/aromatic N) is 1. The molecule has 0 radical (unpaired) electrons. The smallest absolute Gasteiger partial charge is 0.293 e. The second kappa shape index (κ2) is 9.23. The minimum absolute atomic E-state index is 0.0606. The van der Waals surface area contributed by atoms with E-state index in [1.807, 2.05) is 0 Å². The lowest BCUT2D eigenvalue weighted by atomic mass is 9.80. The van der Waals surface area contributed by atoms with Gasteiger partial charge in [0, 0.05) is 20.0 Å². The van der Waals surface area contributed by atoms with E-state index in [4.69, 9.17) is 9.47 Å². The summed E-state index contributed by atoms with van der Waals surface area (Å²) in [5.74, 6) is 0.315. The van der Waals surface area contributed by atoms with Crippen molar-refractivity contribution in [2.24, 2.45) is 0 Å². The van der Waals surface area contributed by atoms with E-state index >= 15 is 0 Å². The number of thioether (sulfide) groups is 1. The highest BCUT2D eigenvalue weighted by molar-refractivity contribution is 8.18. The summed E-state index contributed by atoms with van der Waals surface area (Å²) in [5.41, 5.74) is -0.190. The minimum Gasteiger partial charge on any atom is -0.454 e. The first kappa shape index (κ1) is 22.2. The van der Waals surface area contributed by atoms with E-state index in [-0.39, 0.29) is 36.9 Å². The quantitative estimate of drug-likeness (QED) is 0.628. The zero-order valence-electron chi connectivity index (χ0n) is 17.8. The fourth-order valence-electron chi connectivity index (χ4n) is 4.20. The van der Waals surface area contributed by atoms with E-state index in [0.717, 1.165) is 41.5 Å². The lowest BCUT2D eigenvalue weighted by Gasteiger charge is -2.36. The van der Waals surface area contributed by atoms with E-state index in [9.17, 15) is 19.2 Å². The van der Waals surface area contributed by atoms with Gasteiger partial charge in [0.05, 0.1) is 4.91 Å². The molecule has 0 atom stereocenters. The van der Waals surface area contributed by atoms with Gasteiger partial charge in [0.15, 0.2) is 11.5 Å². The van der Waals surface area contributed by atoms with Crippen molar-refractivity contribution in [2.75, 3.05) is 19.9 Å². The maximum Gasteiger partial charge on any atom is 0.293 e. The van der Waals surface area contributed by atoms with Gasteiger partial charge in [0.1, 0.15) is 5.54 Å². The highest BCUT2D eigenvalue weighted by Gasteiger charge is 2.40. The molecule has 1 aromatic rings. The van der Waals surface area contributed by atoms with Crippen molar-refractivity contribution in [3.63, 3.8) is 0 Å². The molecule has 10 heteroatoms. The molecule has 170 valence electrons. The maximum absolute atomic E-state index is 12.8. The highest BCUT2D eigenvalue weighted by atomic mass is 32.2. The number of hydrogen-bond acceptors (Lipinski definition) is 7. The van der Waals surface area contributed by atoms with Crippen molar-refractivity contribution in [2.45, 2.75) is 44.6 Å². The Hall–Kier alpha value is -3.01. The average molecular weight is 460 g/mol. The number of nitrogens with one attached hydrogen (secondary N) is 2. The zero-order valence-corrected chi connectivity index (χ0v) is 18.6. The topological polar surface area (TPSA) is 114 Å². The monoisotopic (exact) mass is 459 g/mol. The second-order valence-corrected chi connectivity index (χ2v) is 9.02. The van der Waals surface area contributed by atoms with Crippen LogP contribution in [0.4, 0.5) is 4.79 Å². The number of imide groups is 1. The molecule has 4 rings (SSSR count). The van der Waals surface area contributed by atoms with E-state index in [1.165, 1.54) is 6.92 Å². The highest BCUT2D eigenvalue weighted by Crippen LogP contribution is 2.36. The standard InChI is InChI=1S/C22H25N3O6S/c1-14(26)24-22(7-3-2-4-8-22)20(28)23-9-10-25-19(27)18(32-21(25)29)12-15-5-6-16-17(11-15)31-13-30-16/h5-6,11-12H,2-4,7-10,13H2,1H3,(H,23,28)(H,24,26). The Morgan fingerprint density at radius 1 is 1.16 bits per heavy atom. The summed E-state index contributed by atoms with van der Waals surface area (Å²) in [6, 6.07) is 5.29. The molecule has 1 aliphatic carbocycles. The number of hydrogen-bond donors (Lipinski definition) is 2. The number of amides is 4. The third-order valence-corrected chi connectivity index (χ3v) is 6.65. The summed E-state index contributed by atoms with van der Waals surface area (Å²) in [6.45, 7) is 1.74. The lowest BCUT2D eigenvalue weighted by molar-refractivity contribution is -0.134. The van der Waals surface area contributed by atoms with Crippen LogP contribution in [0.5, 0.6) is 11.5 Å². The summed E-state index contributed by atoms with van der Waals surface area (Å²) in [6.07, 6.45) is 5.56. The van der Waals surface area contributed by atoms with Crippen LogP contribution >= 0.6 is 11.8 Å². The van der Waals surface area contributed by atoms with Gasteiger partial charge in [-0.2, -0.15) is 0 Å². The zero-order chi connectivity index (χ0) is 22.7. The van der Waals surface area contributed by atoms with Crippen molar-refractivity contribution < 1.29 is 28.7 Å². The predicted molar refractivity (Wildman–Crippen MR) is 118 cm³/mol. The number of benzene rings is 1. The molecule has 1 saturated heterocycles. The molecule has 0 unspecified atom stereocenters. The molecule has 3 aliphatic rings. The molecule has 32 heavy (non-hydrogen) atoms. The number of carbonyl (C=O) groups is 4. The fourth-order valence-corrected chi connectivity index (χ4v) is 5.06. The largest absolute Gasteiger partial charge is 0.454 e. The van der Waals surface area contributed by atoms with E-state index in [2.05, 4.69) is 10.6 Å². The SMILES string of the molecule is CC(=O)NC1(C(=O)NCCN2C(=O)SC(=Cc3ccc4c(c3)OCO4)C2=O)CCCCC1. The second-order valence-electron chi connectivity index (χ2n) is 8.03. The van der Waals surface area contributed by atoms with E-state index < -0.39 is 11.4 Å². The number of rotatable bonds is 6. The first-order valence-electron chi connectivity index (χ1n) is 10.6. The van der Waals surface area contributed by atoms with Crippen molar-refractivity contribution in [3.05, 3.63) is 28.7 Å². The van der Waals surface area contributed by atoms with Crippen LogP contribution in [-0.2, 0) is 14.4 Å². The molecule has 0 bridgehead atoms. The summed E-state index contributed by atoms with van der Waals surface area (Å²) >= 11 is 0.861. The van der Waals surface area contributed by atoms with Gasteiger partial charge in [-0.25, -0.2) is 0 Å². The molecule has 2 aliphatic heterocycles. The number of ether oxygens (including phenoxy) is 2. The van der Waals surface area contributed by atoms with Gasteiger partial charge < -0.3 is 20.1 Å². The minimum atomic E-state index is -0.914. The van der Waals surface area contributed by atoms with E-state index in [1.54, 1.807) is 24.3 Å². The third-order valence-electron chi connectivity index (χ3n) is 5.75. The van der Waals surface area contributed by atoms with Crippen molar-refractivity contribution in [1.82, 2.24) is 15.5 Å². The van der Waals surface area contributed by atoms with Gasteiger partial charge >= 0.3 is 0 Å². The molecule has 0 spiro atoms. The van der Waals surface area contributed by atoms with Crippen LogP contribution in [0, 0.1) is 0 Å². The van der Waals surface area contributed by atoms with Crippen LogP contribution in [-0.4, -0.2) is 53.3 Å². The predicted octanol–water partition coefficient (Wildman–Crippen LogP) is 2.41. The normalized spacial score (nSPS) is 20.5. The molecule has 1 saturated carbocycles. The molecule has 2 N–H and O–H groups in total. The Morgan fingerprint density at radius 2 is 1.91 bits per heavy atom. The van der Waals surface area contributed by atoms with Crippen LogP contribution < -0.4 is 20.1 Å². The Bertz CT molecular complexity index is 986. The lowest BCUT2D eigenvalue weighted by Crippen LogP contribution is -2.59. The van der Waals surface area contributed by atoms with Crippen LogP contribution in [0.15, 0.2) is 23.1 Å². The Kier molecular flexibility index (Phi) is 6.40. The summed E-state index contributed by atoms with van der Waals surface area (Å²) < 4.78 is 10.6. The molecule has 0 aromatic heterocycles. The summed E-state index contributed by atoms with van der Waals surface area (Å²) in [7, 11) is 0. The van der Waals surface area contributed by atoms with Crippen LogP contribution in [0.3, 0.4) is 0 Å². The molecule has 9 nitrogen and oxygen atoms in total. The Morgan fingerprint density at radius 3 is 2.66 bits per heavy atom. The van der Waals surface area contributed by atoms with E-state index in [0.29, 0.717) is 29.2 Å². The molecule has 1 aromatic carbocycles. The van der Waals surface area contributed by atoms with Crippen LogP contribution in [0.1, 0.15) is 44.6 Å². The first-order valence-corrected chi connectivity index (χ1v) is 11.4. The molecular formula is C22H25N3O6S. The average Bonchev–Trinajstić information content (AvgIpc) is 3.33. The first-order chi connectivity index (χ1) is 15.4. The van der Waals surface area contributed by atoms with Crippen LogP contribution in [0.25, 0.3) is 6.08 Å². The number of fused-ring (bicyclic) bond motifs is 1.